The first-order chi connectivity index (χ1) is 10.8. The number of aryl methyl sites for hydroxylation is 1. The summed E-state index contributed by atoms with van der Waals surface area (Å²) in [5.41, 5.74) is 0.895. The average Bonchev–Trinajstić information content (AvgIpc) is 3.02. The first-order valence-corrected chi connectivity index (χ1v) is 10.3. The van der Waals surface area contributed by atoms with Gasteiger partial charge in [0.2, 0.25) is 5.91 Å². The number of amides is 1. The molecule has 0 saturated carbocycles. The van der Waals surface area contributed by atoms with Gasteiger partial charge in [-0.15, -0.1) is 11.3 Å². The third kappa shape index (κ3) is 5.50. The van der Waals surface area contributed by atoms with E-state index in [1.165, 1.54) is 6.92 Å². The summed E-state index contributed by atoms with van der Waals surface area (Å²) in [5, 5.41) is 5.52. The van der Waals surface area contributed by atoms with E-state index in [-0.39, 0.29) is 18.3 Å². The van der Waals surface area contributed by atoms with Gasteiger partial charge in [-0.3, -0.25) is 9.69 Å². The molecule has 0 aliphatic carbocycles. The van der Waals surface area contributed by atoms with Gasteiger partial charge in [0.05, 0.1) is 10.7 Å². The van der Waals surface area contributed by atoms with Crippen LogP contribution in [0.25, 0.3) is 0 Å². The second-order valence-electron chi connectivity index (χ2n) is 5.75. The lowest BCUT2D eigenvalue weighted by Gasteiger charge is -2.23. The molecule has 1 aromatic rings. The Labute approximate surface area is 140 Å². The minimum atomic E-state index is -3.34. The predicted molar refractivity (Wildman–Crippen MR) is 87.9 cm³/mol. The minimum absolute atomic E-state index is 0.0638. The number of hydrogen-bond donors (Lipinski definition) is 1. The fourth-order valence-electron chi connectivity index (χ4n) is 2.60. The van der Waals surface area contributed by atoms with Crippen molar-refractivity contribution in [3.05, 3.63) is 16.1 Å². The third-order valence-electron chi connectivity index (χ3n) is 3.83. The molecule has 0 spiro atoms. The fourth-order valence-corrected chi connectivity index (χ4v) is 3.91. The number of carbonyl (C=O) groups excluding carboxylic acids is 1. The van der Waals surface area contributed by atoms with E-state index in [1.54, 1.807) is 11.3 Å². The predicted octanol–water partition coefficient (Wildman–Crippen LogP) is 0.915. The Morgan fingerprint density at radius 1 is 1.57 bits per heavy atom. The fraction of sp³-hybridized carbons (Fsp3) is 0.714. The summed E-state index contributed by atoms with van der Waals surface area (Å²) in [4.78, 5) is 18.0. The van der Waals surface area contributed by atoms with Crippen molar-refractivity contribution in [2.45, 2.75) is 39.0 Å². The average molecular weight is 363 g/mol. The molecule has 0 aromatic carbocycles. The Morgan fingerprint density at radius 3 is 2.91 bits per heavy atom. The number of nitrogens with one attached hydrogen (secondary N) is 1. The number of nitrogens with zero attached hydrogens (tertiary/aromatic N) is 2. The van der Waals surface area contributed by atoms with Gasteiger partial charge in [0.1, 0.15) is 11.9 Å². The van der Waals surface area contributed by atoms with Crippen molar-refractivity contribution < 1.29 is 17.6 Å². The van der Waals surface area contributed by atoms with Crippen LogP contribution >= 0.6 is 11.3 Å². The Morgan fingerprint density at radius 2 is 2.30 bits per heavy atom. The number of thiazole rings is 1. The molecule has 1 fully saturated rings. The molecule has 130 valence electrons. The van der Waals surface area contributed by atoms with Gasteiger partial charge in [-0.1, -0.05) is 6.92 Å². The van der Waals surface area contributed by atoms with E-state index in [9.17, 15) is 17.6 Å². The van der Waals surface area contributed by atoms with Crippen molar-refractivity contribution in [3.63, 3.8) is 0 Å². The maximum atomic E-state index is 13.7. The normalized spacial score (nSPS) is 22.4. The van der Waals surface area contributed by atoms with Crippen LogP contribution in [0.4, 0.5) is 4.39 Å². The van der Waals surface area contributed by atoms with Gasteiger partial charge in [0.15, 0.2) is 9.84 Å². The zero-order valence-electron chi connectivity index (χ0n) is 13.3. The summed E-state index contributed by atoms with van der Waals surface area (Å²) >= 11 is 1.55. The van der Waals surface area contributed by atoms with Crippen molar-refractivity contribution in [1.29, 1.82) is 0 Å². The number of sulfone groups is 1. The molecular formula is C14H22FN3O3S2. The van der Waals surface area contributed by atoms with Crippen LogP contribution in [0.2, 0.25) is 0 Å². The van der Waals surface area contributed by atoms with E-state index in [0.717, 1.165) is 10.7 Å². The van der Waals surface area contributed by atoms with Crippen LogP contribution in [-0.4, -0.2) is 61.0 Å². The van der Waals surface area contributed by atoms with Gasteiger partial charge in [-0.05, 0) is 13.3 Å². The van der Waals surface area contributed by atoms with Crippen LogP contribution < -0.4 is 5.32 Å². The number of carbonyl (C=O) groups is 1. The van der Waals surface area contributed by atoms with Gasteiger partial charge in [0.25, 0.3) is 0 Å². The third-order valence-corrected chi connectivity index (χ3v) is 6.24. The van der Waals surface area contributed by atoms with Crippen molar-refractivity contribution in [2.75, 3.05) is 24.6 Å². The zero-order chi connectivity index (χ0) is 17.0. The molecule has 2 atom stereocenters. The molecule has 1 amide bonds. The summed E-state index contributed by atoms with van der Waals surface area (Å²) in [6.45, 7) is 4.53. The topological polar surface area (TPSA) is 79.4 Å². The van der Waals surface area contributed by atoms with Crippen LogP contribution in [0.15, 0.2) is 5.38 Å². The Kier molecular flexibility index (Phi) is 6.10. The van der Waals surface area contributed by atoms with E-state index in [4.69, 9.17) is 0 Å². The van der Waals surface area contributed by atoms with Crippen LogP contribution in [0.5, 0.6) is 0 Å². The lowest BCUT2D eigenvalue weighted by molar-refractivity contribution is -0.118. The highest BCUT2D eigenvalue weighted by molar-refractivity contribution is 7.92. The first kappa shape index (κ1) is 18.3. The summed E-state index contributed by atoms with van der Waals surface area (Å²) in [5.74, 6) is -1.11. The lowest BCUT2D eigenvalue weighted by Crippen LogP contribution is -2.41. The van der Waals surface area contributed by atoms with Crippen molar-refractivity contribution in [2.24, 2.45) is 0 Å². The Balaban J connectivity index is 1.88. The number of rotatable bonds is 7. The monoisotopic (exact) mass is 363 g/mol. The van der Waals surface area contributed by atoms with E-state index in [1.807, 2.05) is 17.2 Å². The maximum absolute atomic E-state index is 13.7. The standard InChI is InChI=1S/C14H22FN3O3S2/c1-3-23(20,21)9-14(19)16-5-13-4-11(15)6-18(13)7-12-8-22-10(2)17-12/h8,11,13H,3-7,9H2,1-2H3,(H,16,19)/t11-,13-/m0/s1. The molecule has 1 aliphatic heterocycles. The SMILES string of the molecule is CCS(=O)(=O)CC(=O)NC[C@@H]1C[C@H](F)CN1Cc1csc(C)n1. The zero-order valence-corrected chi connectivity index (χ0v) is 14.9. The molecule has 1 N–H and O–H groups in total. The maximum Gasteiger partial charge on any atom is 0.235 e. The van der Waals surface area contributed by atoms with Gasteiger partial charge >= 0.3 is 0 Å². The highest BCUT2D eigenvalue weighted by atomic mass is 32.2. The van der Waals surface area contributed by atoms with Gasteiger partial charge in [-0.2, -0.15) is 0 Å². The van der Waals surface area contributed by atoms with E-state index in [0.29, 0.717) is 19.5 Å². The van der Waals surface area contributed by atoms with Crippen LogP contribution in [0.1, 0.15) is 24.0 Å². The molecule has 0 radical (unpaired) electrons. The smallest absolute Gasteiger partial charge is 0.235 e. The van der Waals surface area contributed by atoms with Gasteiger partial charge < -0.3 is 5.32 Å². The summed E-state index contributed by atoms with van der Waals surface area (Å²) in [6.07, 6.45) is -0.597. The Bertz CT molecular complexity index is 647. The summed E-state index contributed by atoms with van der Waals surface area (Å²) in [6, 6.07) is -0.139. The lowest BCUT2D eigenvalue weighted by atomic mass is 10.2. The number of alkyl halides is 1. The number of aromatic nitrogens is 1. The molecule has 2 rings (SSSR count). The molecule has 2 heterocycles. The van der Waals surface area contributed by atoms with Crippen molar-refractivity contribution in [3.8, 4) is 0 Å². The quantitative estimate of drug-likeness (QED) is 0.779. The van der Waals surface area contributed by atoms with Crippen molar-refractivity contribution in [1.82, 2.24) is 15.2 Å². The van der Waals surface area contributed by atoms with Crippen LogP contribution in [-0.2, 0) is 21.2 Å². The molecule has 0 unspecified atom stereocenters. The second-order valence-corrected chi connectivity index (χ2v) is 9.17. The molecular weight excluding hydrogens is 341 g/mol. The van der Waals surface area contributed by atoms with E-state index >= 15 is 0 Å². The minimum Gasteiger partial charge on any atom is -0.354 e. The number of likely N-dealkylation sites (tertiary alicyclic amines) is 1. The van der Waals surface area contributed by atoms with Crippen molar-refractivity contribution >= 4 is 27.1 Å². The van der Waals surface area contributed by atoms with Crippen LogP contribution in [0, 0.1) is 6.92 Å². The molecule has 6 nitrogen and oxygen atoms in total. The van der Waals surface area contributed by atoms with Crippen LogP contribution in [0.3, 0.4) is 0 Å². The molecule has 23 heavy (non-hydrogen) atoms. The molecule has 0 bridgehead atoms. The highest BCUT2D eigenvalue weighted by Crippen LogP contribution is 2.22. The molecule has 1 aliphatic rings. The number of halogens is 1. The Hall–Kier alpha value is -1.06. The first-order valence-electron chi connectivity index (χ1n) is 7.55. The second kappa shape index (κ2) is 7.67. The molecule has 1 aromatic heterocycles. The van der Waals surface area contributed by atoms with E-state index < -0.39 is 27.7 Å². The largest absolute Gasteiger partial charge is 0.354 e. The van der Waals surface area contributed by atoms with Gasteiger partial charge in [0, 0.05) is 36.8 Å². The highest BCUT2D eigenvalue weighted by Gasteiger charge is 2.32. The number of hydrogen-bond acceptors (Lipinski definition) is 6. The summed E-state index contributed by atoms with van der Waals surface area (Å²) < 4.78 is 36.6. The van der Waals surface area contributed by atoms with Gasteiger partial charge in [-0.25, -0.2) is 17.8 Å². The molecule has 1 saturated heterocycles. The molecule has 9 heteroatoms. The van der Waals surface area contributed by atoms with E-state index in [2.05, 4.69) is 10.3 Å². The summed E-state index contributed by atoms with van der Waals surface area (Å²) in [7, 11) is -3.34.